The van der Waals surface area contributed by atoms with Crippen molar-refractivity contribution in [2.24, 2.45) is 0 Å². The Morgan fingerprint density at radius 1 is 0.846 bits per heavy atom. The Morgan fingerprint density at radius 2 is 1.50 bits per heavy atom. The number of carbonyl (C=O) groups excluding carboxylic acids is 1. The van der Waals surface area contributed by atoms with Gasteiger partial charge in [-0.1, -0.05) is 41.9 Å². The Kier molecular flexibility index (Phi) is 6.12. The zero-order chi connectivity index (χ0) is 18.2. The van der Waals surface area contributed by atoms with Crippen LogP contribution in [0.2, 0.25) is 5.02 Å². The van der Waals surface area contributed by atoms with Gasteiger partial charge in [0.25, 0.3) is 0 Å². The van der Waals surface area contributed by atoms with Crippen LogP contribution in [0.15, 0.2) is 78.9 Å². The first kappa shape index (κ1) is 17.8. The lowest BCUT2D eigenvalue weighted by molar-refractivity contribution is -0.114. The molecule has 0 spiro atoms. The molecule has 0 aromatic heterocycles. The number of nitrogens with one attached hydrogen (secondary N) is 2. The highest BCUT2D eigenvalue weighted by Crippen LogP contribution is 2.17. The van der Waals surface area contributed by atoms with Crippen molar-refractivity contribution in [2.75, 3.05) is 17.2 Å². The Labute approximate surface area is 157 Å². The molecule has 0 unspecified atom stereocenters. The average Bonchev–Trinajstić information content (AvgIpc) is 2.68. The van der Waals surface area contributed by atoms with Crippen LogP contribution in [0.5, 0.6) is 5.75 Å². The number of hydrogen-bond donors (Lipinski definition) is 2. The lowest BCUT2D eigenvalue weighted by Gasteiger charge is -2.09. The summed E-state index contributed by atoms with van der Waals surface area (Å²) in [6, 6.07) is 24.5. The van der Waals surface area contributed by atoms with Crippen molar-refractivity contribution in [1.29, 1.82) is 0 Å². The van der Waals surface area contributed by atoms with Crippen LogP contribution in [0.3, 0.4) is 0 Å². The van der Waals surface area contributed by atoms with Gasteiger partial charge in [-0.3, -0.25) is 4.79 Å². The van der Waals surface area contributed by atoms with Crippen LogP contribution in [0.1, 0.15) is 5.56 Å². The van der Waals surface area contributed by atoms with Gasteiger partial charge in [0, 0.05) is 16.4 Å². The highest BCUT2D eigenvalue weighted by Gasteiger charge is 2.03. The van der Waals surface area contributed by atoms with E-state index in [9.17, 15) is 4.79 Å². The van der Waals surface area contributed by atoms with E-state index < -0.39 is 0 Å². The second-order valence-electron chi connectivity index (χ2n) is 5.71. The van der Waals surface area contributed by atoms with Gasteiger partial charge in [-0.2, -0.15) is 0 Å². The zero-order valence-electron chi connectivity index (χ0n) is 14.1. The van der Waals surface area contributed by atoms with Crippen molar-refractivity contribution in [2.45, 2.75) is 6.61 Å². The molecule has 2 N–H and O–H groups in total. The van der Waals surface area contributed by atoms with E-state index in [2.05, 4.69) is 10.6 Å². The summed E-state index contributed by atoms with van der Waals surface area (Å²) in [5.74, 6) is 0.629. The molecule has 26 heavy (non-hydrogen) atoms. The van der Waals surface area contributed by atoms with Gasteiger partial charge >= 0.3 is 0 Å². The van der Waals surface area contributed by atoms with Crippen LogP contribution in [0.4, 0.5) is 11.4 Å². The fraction of sp³-hybridized carbons (Fsp3) is 0.0952. The topological polar surface area (TPSA) is 50.4 Å². The summed E-state index contributed by atoms with van der Waals surface area (Å²) in [7, 11) is 0. The van der Waals surface area contributed by atoms with Crippen LogP contribution >= 0.6 is 11.6 Å². The fourth-order valence-corrected chi connectivity index (χ4v) is 2.46. The number of amides is 1. The smallest absolute Gasteiger partial charge is 0.243 e. The summed E-state index contributed by atoms with van der Waals surface area (Å²) in [4.78, 5) is 12.0. The van der Waals surface area contributed by atoms with Crippen LogP contribution in [-0.2, 0) is 11.4 Å². The molecule has 3 rings (SSSR count). The molecule has 0 fully saturated rings. The molecular weight excluding hydrogens is 348 g/mol. The average molecular weight is 367 g/mol. The summed E-state index contributed by atoms with van der Waals surface area (Å²) in [5, 5.41) is 6.55. The minimum atomic E-state index is -0.127. The predicted octanol–water partition coefficient (Wildman–Crippen LogP) is 4.97. The molecule has 0 atom stereocenters. The minimum Gasteiger partial charge on any atom is -0.489 e. The number of anilines is 2. The van der Waals surface area contributed by atoms with Gasteiger partial charge in [0.15, 0.2) is 0 Å². The van der Waals surface area contributed by atoms with Crippen LogP contribution in [-0.4, -0.2) is 12.5 Å². The maximum absolute atomic E-state index is 12.0. The molecule has 0 aliphatic heterocycles. The van der Waals surface area contributed by atoms with Crippen molar-refractivity contribution in [3.05, 3.63) is 89.4 Å². The SMILES string of the molecule is O=C(CNc1ccc(Cl)cc1)Nc1ccc(OCc2ccccc2)cc1. The molecule has 1 amide bonds. The van der Waals surface area contributed by atoms with E-state index in [1.165, 1.54) is 0 Å². The van der Waals surface area contributed by atoms with E-state index in [0.717, 1.165) is 22.7 Å². The van der Waals surface area contributed by atoms with Crippen molar-refractivity contribution in [3.8, 4) is 5.75 Å². The molecule has 132 valence electrons. The standard InChI is InChI=1S/C21H19ClN2O2/c22-17-6-8-18(9-7-17)23-14-21(25)24-19-10-12-20(13-11-19)26-15-16-4-2-1-3-5-16/h1-13,23H,14-15H2,(H,24,25). The molecular formula is C21H19ClN2O2. The van der Waals surface area contributed by atoms with E-state index in [-0.39, 0.29) is 12.5 Å². The second kappa shape index (κ2) is 8.92. The first-order chi connectivity index (χ1) is 12.7. The van der Waals surface area contributed by atoms with Gasteiger partial charge < -0.3 is 15.4 Å². The van der Waals surface area contributed by atoms with Crippen molar-refractivity contribution in [1.82, 2.24) is 0 Å². The summed E-state index contributed by atoms with van der Waals surface area (Å²) < 4.78 is 5.73. The maximum Gasteiger partial charge on any atom is 0.243 e. The van der Waals surface area contributed by atoms with Gasteiger partial charge in [0.1, 0.15) is 12.4 Å². The molecule has 0 radical (unpaired) electrons. The second-order valence-corrected chi connectivity index (χ2v) is 6.14. The van der Waals surface area contributed by atoms with Crippen LogP contribution in [0, 0.1) is 0 Å². The molecule has 0 aliphatic rings. The van der Waals surface area contributed by atoms with Gasteiger partial charge in [-0.15, -0.1) is 0 Å². The van der Waals surface area contributed by atoms with Gasteiger partial charge in [-0.25, -0.2) is 0 Å². The van der Waals surface area contributed by atoms with Crippen molar-refractivity contribution in [3.63, 3.8) is 0 Å². The predicted molar refractivity (Wildman–Crippen MR) is 106 cm³/mol. The highest BCUT2D eigenvalue weighted by molar-refractivity contribution is 6.30. The van der Waals surface area contributed by atoms with Crippen LogP contribution in [0.25, 0.3) is 0 Å². The van der Waals surface area contributed by atoms with Gasteiger partial charge in [0.05, 0.1) is 6.54 Å². The number of carbonyl (C=O) groups is 1. The quantitative estimate of drug-likeness (QED) is 0.620. The molecule has 0 aliphatic carbocycles. The van der Waals surface area contributed by atoms with E-state index in [1.807, 2.05) is 66.7 Å². The van der Waals surface area contributed by atoms with E-state index >= 15 is 0 Å². The molecule has 3 aromatic carbocycles. The first-order valence-corrected chi connectivity index (χ1v) is 8.63. The maximum atomic E-state index is 12.0. The Morgan fingerprint density at radius 3 is 2.19 bits per heavy atom. The largest absolute Gasteiger partial charge is 0.489 e. The monoisotopic (exact) mass is 366 g/mol. The molecule has 4 nitrogen and oxygen atoms in total. The number of ether oxygens (including phenoxy) is 1. The lowest BCUT2D eigenvalue weighted by atomic mass is 10.2. The Balaban J connectivity index is 1.45. The number of rotatable bonds is 7. The summed E-state index contributed by atoms with van der Waals surface area (Å²) in [5.41, 5.74) is 2.67. The lowest BCUT2D eigenvalue weighted by Crippen LogP contribution is -2.21. The van der Waals surface area contributed by atoms with Crippen molar-refractivity contribution < 1.29 is 9.53 Å². The van der Waals surface area contributed by atoms with E-state index in [4.69, 9.17) is 16.3 Å². The van der Waals surface area contributed by atoms with Crippen LogP contribution < -0.4 is 15.4 Å². The molecule has 5 heteroatoms. The van der Waals surface area contributed by atoms with Gasteiger partial charge in [-0.05, 0) is 54.1 Å². The molecule has 0 heterocycles. The zero-order valence-corrected chi connectivity index (χ0v) is 14.9. The fourth-order valence-electron chi connectivity index (χ4n) is 2.33. The first-order valence-electron chi connectivity index (χ1n) is 8.25. The Hall–Kier alpha value is -2.98. The molecule has 3 aromatic rings. The number of benzene rings is 3. The number of halogens is 1. The van der Waals surface area contributed by atoms with E-state index in [0.29, 0.717) is 11.6 Å². The molecule has 0 bridgehead atoms. The summed E-state index contributed by atoms with van der Waals surface area (Å²) in [6.45, 7) is 0.686. The molecule has 0 saturated heterocycles. The third-order valence-electron chi connectivity index (χ3n) is 3.68. The Bertz CT molecular complexity index is 834. The van der Waals surface area contributed by atoms with E-state index in [1.54, 1.807) is 12.1 Å². The summed E-state index contributed by atoms with van der Waals surface area (Å²) >= 11 is 5.83. The minimum absolute atomic E-state index is 0.127. The molecule has 0 saturated carbocycles. The third-order valence-corrected chi connectivity index (χ3v) is 3.94. The number of hydrogen-bond acceptors (Lipinski definition) is 3. The van der Waals surface area contributed by atoms with Crippen molar-refractivity contribution >= 4 is 28.9 Å². The third kappa shape index (κ3) is 5.53. The highest BCUT2D eigenvalue weighted by atomic mass is 35.5. The van der Waals surface area contributed by atoms with Gasteiger partial charge in [0.2, 0.25) is 5.91 Å². The normalized spacial score (nSPS) is 10.2. The summed E-state index contributed by atoms with van der Waals surface area (Å²) in [6.07, 6.45) is 0.